The molecule has 1 N–H and O–H groups in total. The SMILES string of the molecule is COc1ccc(-n2c3ccccc3c3ccc4ccc(O)cc4c32)cc1. The van der Waals surface area contributed by atoms with Gasteiger partial charge in [-0.15, -0.1) is 0 Å². The molecule has 0 aliphatic carbocycles. The van der Waals surface area contributed by atoms with Crippen LogP contribution < -0.4 is 4.74 Å². The number of ether oxygens (including phenoxy) is 1. The molecular formula is C23H17NO2. The van der Waals surface area contributed by atoms with E-state index >= 15 is 0 Å². The first-order chi connectivity index (χ1) is 12.8. The molecule has 1 aromatic heterocycles. The van der Waals surface area contributed by atoms with E-state index in [0.29, 0.717) is 0 Å². The Morgan fingerprint density at radius 1 is 0.769 bits per heavy atom. The van der Waals surface area contributed by atoms with Crippen molar-refractivity contribution >= 4 is 32.6 Å². The van der Waals surface area contributed by atoms with Crippen LogP contribution in [0.1, 0.15) is 0 Å². The first-order valence-corrected chi connectivity index (χ1v) is 8.55. The highest BCUT2D eigenvalue weighted by Crippen LogP contribution is 2.37. The van der Waals surface area contributed by atoms with Crippen molar-refractivity contribution in [3.8, 4) is 17.2 Å². The topological polar surface area (TPSA) is 34.4 Å². The molecule has 0 radical (unpaired) electrons. The molecule has 0 saturated carbocycles. The highest BCUT2D eigenvalue weighted by atomic mass is 16.5. The molecule has 0 atom stereocenters. The Morgan fingerprint density at radius 2 is 1.54 bits per heavy atom. The van der Waals surface area contributed by atoms with Crippen molar-refractivity contribution in [1.29, 1.82) is 0 Å². The molecule has 0 spiro atoms. The van der Waals surface area contributed by atoms with Gasteiger partial charge in [0.15, 0.2) is 0 Å². The summed E-state index contributed by atoms with van der Waals surface area (Å²) in [5.41, 5.74) is 3.31. The van der Waals surface area contributed by atoms with Gasteiger partial charge in [-0.05, 0) is 47.9 Å². The molecular weight excluding hydrogens is 322 g/mol. The molecule has 5 aromatic rings. The summed E-state index contributed by atoms with van der Waals surface area (Å²) in [4.78, 5) is 0. The minimum Gasteiger partial charge on any atom is -0.508 e. The third-order valence-corrected chi connectivity index (χ3v) is 4.97. The van der Waals surface area contributed by atoms with Crippen molar-refractivity contribution in [2.45, 2.75) is 0 Å². The van der Waals surface area contributed by atoms with Gasteiger partial charge in [0, 0.05) is 21.8 Å². The van der Waals surface area contributed by atoms with E-state index in [1.807, 2.05) is 24.3 Å². The predicted molar refractivity (Wildman–Crippen MR) is 107 cm³/mol. The van der Waals surface area contributed by atoms with Crippen LogP contribution in [0.15, 0.2) is 78.9 Å². The summed E-state index contributed by atoms with van der Waals surface area (Å²) in [6, 6.07) is 26.3. The van der Waals surface area contributed by atoms with Gasteiger partial charge in [-0.2, -0.15) is 0 Å². The van der Waals surface area contributed by atoms with Crippen molar-refractivity contribution in [3.63, 3.8) is 0 Å². The fourth-order valence-electron chi connectivity index (χ4n) is 3.77. The minimum atomic E-state index is 0.275. The van der Waals surface area contributed by atoms with Crippen molar-refractivity contribution in [2.75, 3.05) is 7.11 Å². The van der Waals surface area contributed by atoms with E-state index < -0.39 is 0 Å². The zero-order valence-electron chi connectivity index (χ0n) is 14.3. The highest BCUT2D eigenvalue weighted by molar-refractivity contribution is 6.18. The van der Waals surface area contributed by atoms with Gasteiger partial charge < -0.3 is 14.4 Å². The zero-order chi connectivity index (χ0) is 17.7. The molecule has 0 amide bonds. The fraction of sp³-hybridized carbons (Fsp3) is 0.0435. The Hall–Kier alpha value is -3.46. The van der Waals surface area contributed by atoms with Crippen LogP contribution in [0.3, 0.4) is 0 Å². The summed E-state index contributed by atoms with van der Waals surface area (Å²) in [7, 11) is 1.67. The molecule has 0 aliphatic heterocycles. The molecule has 1 heterocycles. The number of rotatable bonds is 2. The van der Waals surface area contributed by atoms with Crippen LogP contribution in [0.2, 0.25) is 0 Å². The van der Waals surface area contributed by atoms with Crippen LogP contribution in [0, 0.1) is 0 Å². The van der Waals surface area contributed by atoms with E-state index in [2.05, 4.69) is 53.1 Å². The van der Waals surface area contributed by atoms with Gasteiger partial charge in [-0.3, -0.25) is 0 Å². The third kappa shape index (κ3) is 2.07. The number of phenols is 1. The molecule has 0 saturated heterocycles. The van der Waals surface area contributed by atoms with E-state index in [9.17, 15) is 5.11 Å². The summed E-state index contributed by atoms with van der Waals surface area (Å²) < 4.78 is 7.56. The van der Waals surface area contributed by atoms with E-state index in [-0.39, 0.29) is 5.75 Å². The molecule has 5 rings (SSSR count). The number of benzene rings is 4. The van der Waals surface area contributed by atoms with E-state index in [0.717, 1.165) is 33.2 Å². The molecule has 4 aromatic carbocycles. The summed E-state index contributed by atoms with van der Waals surface area (Å²) in [6.07, 6.45) is 0. The van der Waals surface area contributed by atoms with Gasteiger partial charge in [0.2, 0.25) is 0 Å². The number of hydrogen-bond acceptors (Lipinski definition) is 2. The number of hydrogen-bond donors (Lipinski definition) is 1. The number of para-hydroxylation sites is 1. The second-order valence-corrected chi connectivity index (χ2v) is 6.42. The lowest BCUT2D eigenvalue weighted by Crippen LogP contribution is -1.94. The number of fused-ring (bicyclic) bond motifs is 5. The average Bonchev–Trinajstić information content (AvgIpc) is 3.03. The number of aromatic hydroxyl groups is 1. The van der Waals surface area contributed by atoms with Gasteiger partial charge in [-0.1, -0.05) is 36.4 Å². The quantitative estimate of drug-likeness (QED) is 0.451. The monoisotopic (exact) mass is 339 g/mol. The second-order valence-electron chi connectivity index (χ2n) is 6.42. The maximum Gasteiger partial charge on any atom is 0.119 e. The number of methoxy groups -OCH3 is 1. The lowest BCUT2D eigenvalue weighted by Gasteiger charge is -2.11. The van der Waals surface area contributed by atoms with Crippen molar-refractivity contribution in [2.24, 2.45) is 0 Å². The van der Waals surface area contributed by atoms with Crippen LogP contribution >= 0.6 is 0 Å². The molecule has 0 unspecified atom stereocenters. The largest absolute Gasteiger partial charge is 0.508 e. The second kappa shape index (κ2) is 5.53. The van der Waals surface area contributed by atoms with Crippen LogP contribution in [-0.2, 0) is 0 Å². The standard InChI is InChI=1S/C23H17NO2/c1-26-18-11-8-16(9-12-18)24-22-5-3-2-4-19(22)20-13-7-15-6-10-17(25)14-21(15)23(20)24/h2-14,25H,1H3. The smallest absolute Gasteiger partial charge is 0.119 e. The molecule has 3 nitrogen and oxygen atoms in total. The first-order valence-electron chi connectivity index (χ1n) is 8.55. The van der Waals surface area contributed by atoms with Crippen LogP contribution in [0.25, 0.3) is 38.3 Å². The van der Waals surface area contributed by atoms with E-state index in [1.54, 1.807) is 13.2 Å². The number of phenolic OH excluding ortho intramolecular Hbond substituents is 1. The zero-order valence-corrected chi connectivity index (χ0v) is 14.3. The average molecular weight is 339 g/mol. The third-order valence-electron chi connectivity index (χ3n) is 4.97. The van der Waals surface area contributed by atoms with Gasteiger partial charge >= 0.3 is 0 Å². The first kappa shape index (κ1) is 14.8. The normalized spacial score (nSPS) is 11.4. The van der Waals surface area contributed by atoms with Crippen LogP contribution in [0.4, 0.5) is 0 Å². The Kier molecular flexibility index (Phi) is 3.16. The lowest BCUT2D eigenvalue weighted by atomic mass is 10.1. The molecule has 0 fully saturated rings. The molecule has 126 valence electrons. The Balaban J connectivity index is 1.99. The summed E-state index contributed by atoms with van der Waals surface area (Å²) in [5.74, 6) is 1.11. The van der Waals surface area contributed by atoms with Crippen molar-refractivity contribution in [1.82, 2.24) is 4.57 Å². The maximum absolute atomic E-state index is 10.1. The minimum absolute atomic E-state index is 0.275. The highest BCUT2D eigenvalue weighted by Gasteiger charge is 2.15. The predicted octanol–water partition coefficient (Wildman–Crippen LogP) is 5.65. The van der Waals surface area contributed by atoms with Crippen LogP contribution in [-0.4, -0.2) is 16.8 Å². The van der Waals surface area contributed by atoms with Gasteiger partial charge in [-0.25, -0.2) is 0 Å². The Labute approximate surface area is 150 Å². The van der Waals surface area contributed by atoms with Gasteiger partial charge in [0.05, 0.1) is 18.1 Å². The molecule has 3 heteroatoms. The summed E-state index contributed by atoms with van der Waals surface area (Å²) in [6.45, 7) is 0. The summed E-state index contributed by atoms with van der Waals surface area (Å²) >= 11 is 0. The van der Waals surface area contributed by atoms with Crippen molar-refractivity contribution in [3.05, 3.63) is 78.9 Å². The van der Waals surface area contributed by atoms with E-state index in [1.165, 1.54) is 10.8 Å². The summed E-state index contributed by atoms with van der Waals surface area (Å²) in [5, 5.41) is 14.6. The Bertz CT molecular complexity index is 1270. The number of aromatic nitrogens is 1. The van der Waals surface area contributed by atoms with E-state index in [4.69, 9.17) is 4.74 Å². The Morgan fingerprint density at radius 3 is 2.35 bits per heavy atom. The van der Waals surface area contributed by atoms with Crippen LogP contribution in [0.5, 0.6) is 11.5 Å². The lowest BCUT2D eigenvalue weighted by molar-refractivity contribution is 0.415. The molecule has 0 aliphatic rings. The van der Waals surface area contributed by atoms with Gasteiger partial charge in [0.1, 0.15) is 11.5 Å². The maximum atomic E-state index is 10.1. The molecule has 26 heavy (non-hydrogen) atoms. The van der Waals surface area contributed by atoms with Gasteiger partial charge in [0.25, 0.3) is 0 Å². The number of nitrogens with zero attached hydrogens (tertiary/aromatic N) is 1. The molecule has 0 bridgehead atoms. The van der Waals surface area contributed by atoms with Crippen molar-refractivity contribution < 1.29 is 9.84 Å². The fourth-order valence-corrected chi connectivity index (χ4v) is 3.77.